The molecule has 0 aliphatic rings. The first-order valence-electron chi connectivity index (χ1n) is 4.99. The highest BCUT2D eigenvalue weighted by Gasteiger charge is 2.09. The lowest BCUT2D eigenvalue weighted by atomic mass is 10.1. The van der Waals surface area contributed by atoms with Crippen molar-refractivity contribution in [2.45, 2.75) is 12.8 Å². The fourth-order valence-electron chi connectivity index (χ4n) is 1.30. The Morgan fingerprint density at radius 3 is 2.94 bits per heavy atom. The van der Waals surface area contributed by atoms with Gasteiger partial charge >= 0.3 is 0 Å². The molecule has 0 aromatic heterocycles. The van der Waals surface area contributed by atoms with Crippen molar-refractivity contribution in [1.29, 1.82) is 5.26 Å². The summed E-state index contributed by atoms with van der Waals surface area (Å²) in [4.78, 5) is 13.3. The minimum atomic E-state index is 0.0355. The summed E-state index contributed by atoms with van der Waals surface area (Å²) in [5.41, 5.74) is 0.975. The van der Waals surface area contributed by atoms with Crippen LogP contribution >= 0.6 is 15.9 Å². The van der Waals surface area contributed by atoms with Gasteiger partial charge < -0.3 is 4.90 Å². The quantitative estimate of drug-likeness (QED) is 0.850. The van der Waals surface area contributed by atoms with Crippen LogP contribution in [0, 0.1) is 11.3 Å². The second-order valence-corrected chi connectivity index (χ2v) is 4.45. The number of likely N-dealkylation sites (N-methyl/N-ethyl adjacent to an activating group) is 1. The molecular formula is C12H13BrN2O. The Morgan fingerprint density at radius 1 is 1.56 bits per heavy atom. The van der Waals surface area contributed by atoms with Crippen molar-refractivity contribution < 1.29 is 4.79 Å². The second kappa shape index (κ2) is 6.29. The van der Waals surface area contributed by atoms with E-state index in [0.29, 0.717) is 19.4 Å². The Balaban J connectivity index is 2.54. The standard InChI is InChI=1S/C12H13BrN2O/c1-15(7-3-6-14)12(16)9-10-4-2-5-11(13)8-10/h2,4-5,8H,3,7,9H2,1H3. The number of hydrogen-bond acceptors (Lipinski definition) is 2. The van der Waals surface area contributed by atoms with E-state index in [4.69, 9.17) is 5.26 Å². The van der Waals surface area contributed by atoms with Crippen LogP contribution in [0.15, 0.2) is 28.7 Å². The molecule has 0 saturated carbocycles. The van der Waals surface area contributed by atoms with Gasteiger partial charge in [0.1, 0.15) is 0 Å². The summed E-state index contributed by atoms with van der Waals surface area (Å²) in [6.07, 6.45) is 0.752. The number of rotatable bonds is 4. The molecular weight excluding hydrogens is 268 g/mol. The number of nitriles is 1. The number of nitrogens with zero attached hydrogens (tertiary/aromatic N) is 2. The normalized spacial score (nSPS) is 9.56. The monoisotopic (exact) mass is 280 g/mol. The molecule has 0 atom stereocenters. The molecule has 0 radical (unpaired) electrons. The van der Waals surface area contributed by atoms with Crippen LogP contribution in [0.25, 0.3) is 0 Å². The number of benzene rings is 1. The van der Waals surface area contributed by atoms with E-state index in [2.05, 4.69) is 15.9 Å². The summed E-state index contributed by atoms with van der Waals surface area (Å²) in [7, 11) is 1.72. The number of amides is 1. The number of halogens is 1. The molecule has 0 bridgehead atoms. The molecule has 1 rings (SSSR count). The first-order valence-corrected chi connectivity index (χ1v) is 5.78. The van der Waals surface area contributed by atoms with Gasteiger partial charge in [-0.25, -0.2) is 0 Å². The van der Waals surface area contributed by atoms with E-state index in [9.17, 15) is 4.79 Å². The molecule has 0 fully saturated rings. The molecule has 0 aliphatic carbocycles. The lowest BCUT2D eigenvalue weighted by Gasteiger charge is -2.15. The van der Waals surface area contributed by atoms with E-state index < -0.39 is 0 Å². The number of hydrogen-bond donors (Lipinski definition) is 0. The zero-order valence-electron chi connectivity index (χ0n) is 9.11. The molecule has 0 N–H and O–H groups in total. The molecule has 1 amide bonds. The molecule has 0 aliphatic heterocycles. The van der Waals surface area contributed by atoms with Gasteiger partial charge in [0, 0.05) is 18.1 Å². The SMILES string of the molecule is CN(CCC#N)C(=O)Cc1cccc(Br)c1. The molecule has 0 unspecified atom stereocenters. The summed E-state index contributed by atoms with van der Waals surface area (Å²) in [5, 5.41) is 8.43. The highest BCUT2D eigenvalue weighted by molar-refractivity contribution is 9.10. The van der Waals surface area contributed by atoms with Gasteiger partial charge in [0.15, 0.2) is 0 Å². The maximum Gasteiger partial charge on any atom is 0.226 e. The van der Waals surface area contributed by atoms with Gasteiger partial charge in [-0.1, -0.05) is 28.1 Å². The first-order chi connectivity index (χ1) is 7.63. The van der Waals surface area contributed by atoms with E-state index in [0.717, 1.165) is 10.0 Å². The van der Waals surface area contributed by atoms with Crippen LogP contribution in [0.3, 0.4) is 0 Å². The van der Waals surface area contributed by atoms with E-state index in [1.54, 1.807) is 11.9 Å². The van der Waals surface area contributed by atoms with Crippen molar-refractivity contribution in [2.24, 2.45) is 0 Å². The predicted molar refractivity (Wildman–Crippen MR) is 65.7 cm³/mol. The summed E-state index contributed by atoms with van der Waals surface area (Å²) in [6.45, 7) is 0.489. The van der Waals surface area contributed by atoms with Gasteiger partial charge in [0.25, 0.3) is 0 Å². The molecule has 4 heteroatoms. The Hall–Kier alpha value is -1.34. The minimum absolute atomic E-state index is 0.0355. The van der Waals surface area contributed by atoms with Gasteiger partial charge in [-0.05, 0) is 17.7 Å². The van der Waals surface area contributed by atoms with E-state index >= 15 is 0 Å². The third-order valence-corrected chi connectivity index (χ3v) is 2.72. The summed E-state index contributed by atoms with van der Waals surface area (Å²) in [5.74, 6) is 0.0355. The first kappa shape index (κ1) is 12.7. The Bertz CT molecular complexity index is 412. The van der Waals surface area contributed by atoms with Crippen LogP contribution in [0.4, 0.5) is 0 Å². The van der Waals surface area contributed by atoms with Crippen LogP contribution < -0.4 is 0 Å². The lowest BCUT2D eigenvalue weighted by molar-refractivity contribution is -0.129. The second-order valence-electron chi connectivity index (χ2n) is 3.53. The minimum Gasteiger partial charge on any atom is -0.344 e. The highest BCUT2D eigenvalue weighted by Crippen LogP contribution is 2.12. The molecule has 3 nitrogen and oxygen atoms in total. The van der Waals surface area contributed by atoms with Crippen molar-refractivity contribution in [3.8, 4) is 6.07 Å². The number of carbonyl (C=O) groups is 1. The third-order valence-electron chi connectivity index (χ3n) is 2.23. The highest BCUT2D eigenvalue weighted by atomic mass is 79.9. The predicted octanol–water partition coefficient (Wildman–Crippen LogP) is 2.36. The summed E-state index contributed by atoms with van der Waals surface area (Å²) >= 11 is 3.36. The lowest BCUT2D eigenvalue weighted by Crippen LogP contribution is -2.28. The maximum atomic E-state index is 11.7. The fraction of sp³-hybridized carbons (Fsp3) is 0.333. The van der Waals surface area contributed by atoms with Crippen molar-refractivity contribution >= 4 is 21.8 Å². The van der Waals surface area contributed by atoms with Crippen LogP contribution in [0.5, 0.6) is 0 Å². The van der Waals surface area contributed by atoms with Crippen LogP contribution in [0.2, 0.25) is 0 Å². The zero-order chi connectivity index (χ0) is 12.0. The largest absolute Gasteiger partial charge is 0.344 e. The zero-order valence-corrected chi connectivity index (χ0v) is 10.7. The fourth-order valence-corrected chi connectivity index (χ4v) is 1.75. The Kier molecular flexibility index (Phi) is 5.00. The van der Waals surface area contributed by atoms with Gasteiger partial charge in [0.2, 0.25) is 5.91 Å². The van der Waals surface area contributed by atoms with Crippen molar-refractivity contribution in [3.63, 3.8) is 0 Å². The van der Waals surface area contributed by atoms with Crippen molar-refractivity contribution in [3.05, 3.63) is 34.3 Å². The molecule has 16 heavy (non-hydrogen) atoms. The van der Waals surface area contributed by atoms with Crippen molar-refractivity contribution in [1.82, 2.24) is 4.90 Å². The van der Waals surface area contributed by atoms with Gasteiger partial charge in [0.05, 0.1) is 18.9 Å². The topological polar surface area (TPSA) is 44.1 Å². The van der Waals surface area contributed by atoms with E-state index in [-0.39, 0.29) is 5.91 Å². The number of carbonyl (C=O) groups excluding carboxylic acids is 1. The van der Waals surface area contributed by atoms with Crippen LogP contribution in [-0.4, -0.2) is 24.4 Å². The van der Waals surface area contributed by atoms with E-state index in [1.165, 1.54) is 0 Å². The van der Waals surface area contributed by atoms with Crippen molar-refractivity contribution in [2.75, 3.05) is 13.6 Å². The Morgan fingerprint density at radius 2 is 2.31 bits per heavy atom. The molecule has 0 saturated heterocycles. The van der Waals surface area contributed by atoms with Gasteiger partial charge in [-0.2, -0.15) is 5.26 Å². The summed E-state index contributed by atoms with van der Waals surface area (Å²) in [6, 6.07) is 9.70. The molecule has 0 spiro atoms. The third kappa shape index (κ3) is 4.03. The van der Waals surface area contributed by atoms with Gasteiger partial charge in [-0.3, -0.25) is 4.79 Å². The summed E-state index contributed by atoms with van der Waals surface area (Å²) < 4.78 is 0.970. The smallest absolute Gasteiger partial charge is 0.226 e. The van der Waals surface area contributed by atoms with Gasteiger partial charge in [-0.15, -0.1) is 0 Å². The average Bonchev–Trinajstić information content (AvgIpc) is 2.25. The molecule has 1 aromatic rings. The molecule has 1 aromatic carbocycles. The van der Waals surface area contributed by atoms with Crippen LogP contribution in [0.1, 0.15) is 12.0 Å². The Labute approximate surface area is 104 Å². The molecule has 0 heterocycles. The molecule has 84 valence electrons. The average molecular weight is 281 g/mol. The van der Waals surface area contributed by atoms with E-state index in [1.807, 2.05) is 30.3 Å². The maximum absolute atomic E-state index is 11.7. The van der Waals surface area contributed by atoms with Crippen LogP contribution in [-0.2, 0) is 11.2 Å².